The van der Waals surface area contributed by atoms with Crippen LogP contribution in [0.5, 0.6) is 0 Å². The van der Waals surface area contributed by atoms with E-state index < -0.39 is 0 Å². The Morgan fingerprint density at radius 1 is 1.26 bits per heavy atom. The van der Waals surface area contributed by atoms with Gasteiger partial charge in [0.1, 0.15) is 5.69 Å². The summed E-state index contributed by atoms with van der Waals surface area (Å²) in [5.74, 6) is -0.525. The molecule has 34 heavy (non-hydrogen) atoms. The summed E-state index contributed by atoms with van der Waals surface area (Å²) in [6, 6.07) is 5.68. The monoisotopic (exact) mass is 487 g/mol. The highest BCUT2D eigenvalue weighted by Gasteiger charge is 2.29. The fraction of sp³-hybridized carbons (Fsp3) is 0.542. The minimum Gasteiger partial charge on any atom is -0.379 e. The second-order valence-electron chi connectivity index (χ2n) is 8.78. The highest BCUT2D eigenvalue weighted by atomic mass is 32.1. The maximum Gasteiger partial charge on any atom is 0.275 e. The van der Waals surface area contributed by atoms with E-state index in [4.69, 9.17) is 9.47 Å². The van der Waals surface area contributed by atoms with Crippen LogP contribution < -0.4 is 15.5 Å². The van der Waals surface area contributed by atoms with Gasteiger partial charge in [0.25, 0.3) is 11.8 Å². The third-order valence-corrected chi connectivity index (χ3v) is 7.15. The first kappa shape index (κ1) is 24.6. The minimum absolute atomic E-state index is 0.0347. The number of carbonyl (C=O) groups is 2. The van der Waals surface area contributed by atoms with Gasteiger partial charge in [-0.3, -0.25) is 14.5 Å². The molecule has 2 aromatic rings. The Kier molecular flexibility index (Phi) is 8.15. The molecule has 0 radical (unpaired) electrons. The zero-order chi connectivity index (χ0) is 24.1. The zero-order valence-electron chi connectivity index (χ0n) is 20.0. The molecule has 0 bridgehead atoms. The van der Waals surface area contributed by atoms with Gasteiger partial charge in [0.2, 0.25) is 0 Å². The van der Waals surface area contributed by atoms with Crippen LogP contribution >= 0.6 is 11.3 Å². The molecule has 1 aromatic heterocycles. The number of morpholine rings is 1. The maximum absolute atomic E-state index is 13.1. The number of aromatic nitrogens is 1. The van der Waals surface area contributed by atoms with Crippen LogP contribution in [0, 0.1) is 0 Å². The van der Waals surface area contributed by atoms with Crippen LogP contribution in [0.4, 0.5) is 10.8 Å². The van der Waals surface area contributed by atoms with Crippen molar-refractivity contribution in [1.29, 1.82) is 0 Å². The number of hydrogen-bond donors (Lipinski definition) is 2. The van der Waals surface area contributed by atoms with E-state index in [1.54, 1.807) is 12.5 Å². The van der Waals surface area contributed by atoms with Crippen LogP contribution in [0.2, 0.25) is 0 Å². The number of benzene rings is 1. The van der Waals surface area contributed by atoms with Gasteiger partial charge in [0.05, 0.1) is 30.6 Å². The Hall–Kier alpha value is -2.53. The molecule has 184 valence electrons. The molecule has 2 amide bonds. The van der Waals surface area contributed by atoms with E-state index in [0.717, 1.165) is 49.8 Å². The Morgan fingerprint density at radius 2 is 2.03 bits per heavy atom. The normalized spacial score (nSPS) is 17.8. The maximum atomic E-state index is 13.1. The summed E-state index contributed by atoms with van der Waals surface area (Å²) in [7, 11) is 1.70. The van der Waals surface area contributed by atoms with Crippen LogP contribution in [0.15, 0.2) is 23.6 Å². The van der Waals surface area contributed by atoms with E-state index in [9.17, 15) is 9.59 Å². The van der Waals surface area contributed by atoms with Crippen molar-refractivity contribution in [2.45, 2.75) is 39.0 Å². The number of methoxy groups -OCH3 is 1. The van der Waals surface area contributed by atoms with Crippen molar-refractivity contribution in [2.24, 2.45) is 0 Å². The predicted octanol–water partition coefficient (Wildman–Crippen LogP) is 2.59. The van der Waals surface area contributed by atoms with Gasteiger partial charge in [0.15, 0.2) is 5.13 Å². The summed E-state index contributed by atoms with van der Waals surface area (Å²) in [6.07, 6.45) is 1.03. The predicted molar refractivity (Wildman–Crippen MR) is 133 cm³/mol. The zero-order valence-corrected chi connectivity index (χ0v) is 20.8. The van der Waals surface area contributed by atoms with Gasteiger partial charge in [-0.15, -0.1) is 11.3 Å². The molecule has 4 rings (SSSR count). The van der Waals surface area contributed by atoms with Gasteiger partial charge in [0, 0.05) is 51.3 Å². The lowest BCUT2D eigenvalue weighted by molar-refractivity contribution is 0.0342. The number of nitrogens with one attached hydrogen (secondary N) is 2. The van der Waals surface area contributed by atoms with Crippen LogP contribution in [-0.4, -0.2) is 80.3 Å². The van der Waals surface area contributed by atoms with Crippen molar-refractivity contribution in [1.82, 2.24) is 15.2 Å². The molecule has 1 aromatic carbocycles. The summed E-state index contributed by atoms with van der Waals surface area (Å²) in [5.41, 5.74) is 2.30. The summed E-state index contributed by atoms with van der Waals surface area (Å²) in [5, 5.41) is 8.47. The highest BCUT2D eigenvalue weighted by molar-refractivity contribution is 7.14. The van der Waals surface area contributed by atoms with E-state index in [-0.39, 0.29) is 24.0 Å². The number of rotatable bonds is 9. The Balaban J connectivity index is 1.49. The van der Waals surface area contributed by atoms with E-state index in [1.165, 1.54) is 11.3 Å². The third-order valence-electron chi connectivity index (χ3n) is 6.25. The number of ether oxygens (including phenoxy) is 2. The molecule has 2 saturated heterocycles. The molecule has 0 unspecified atom stereocenters. The molecule has 2 fully saturated rings. The number of thiazole rings is 1. The molecule has 9 nitrogen and oxygen atoms in total. The smallest absolute Gasteiger partial charge is 0.275 e. The van der Waals surface area contributed by atoms with Crippen LogP contribution in [0.3, 0.4) is 0 Å². The second-order valence-corrected chi connectivity index (χ2v) is 9.62. The lowest BCUT2D eigenvalue weighted by atomic mass is 10.1. The lowest BCUT2D eigenvalue weighted by Crippen LogP contribution is -2.51. The van der Waals surface area contributed by atoms with Crippen LogP contribution in [0.25, 0.3) is 0 Å². The van der Waals surface area contributed by atoms with Crippen LogP contribution in [-0.2, 0) is 16.0 Å². The average molecular weight is 488 g/mol. The molecule has 0 aliphatic carbocycles. The van der Waals surface area contributed by atoms with Crippen molar-refractivity contribution in [2.75, 3.05) is 56.7 Å². The molecule has 10 heteroatoms. The van der Waals surface area contributed by atoms with Crippen molar-refractivity contribution < 1.29 is 19.1 Å². The molecule has 3 heterocycles. The first-order chi connectivity index (χ1) is 16.5. The molecule has 2 aliphatic heterocycles. The third kappa shape index (κ3) is 5.93. The van der Waals surface area contributed by atoms with Crippen LogP contribution in [0.1, 0.15) is 46.7 Å². The van der Waals surface area contributed by atoms with Crippen molar-refractivity contribution in [3.63, 3.8) is 0 Å². The van der Waals surface area contributed by atoms with Gasteiger partial charge in [-0.25, -0.2) is 4.98 Å². The van der Waals surface area contributed by atoms with Gasteiger partial charge in [-0.05, 0) is 31.0 Å². The molecule has 2 N–H and O–H groups in total. The first-order valence-electron chi connectivity index (χ1n) is 11.7. The summed E-state index contributed by atoms with van der Waals surface area (Å²) in [4.78, 5) is 34.9. The Bertz CT molecular complexity index is 1000. The first-order valence-corrected chi connectivity index (χ1v) is 12.6. The van der Waals surface area contributed by atoms with E-state index in [1.807, 2.05) is 32.0 Å². The minimum atomic E-state index is -0.329. The second kappa shape index (κ2) is 11.3. The number of anilines is 2. The molecule has 0 spiro atoms. The average Bonchev–Trinajstić information content (AvgIpc) is 3.30. The lowest BCUT2D eigenvalue weighted by Gasteiger charge is -2.37. The molecule has 2 aliphatic rings. The van der Waals surface area contributed by atoms with Crippen molar-refractivity contribution in [3.05, 3.63) is 40.4 Å². The number of amides is 2. The molecule has 0 saturated carbocycles. The molecular formula is C24H33N5O4S. The largest absolute Gasteiger partial charge is 0.379 e. The Labute approximate surface area is 204 Å². The number of carbonyl (C=O) groups excluding carboxylic acids is 2. The summed E-state index contributed by atoms with van der Waals surface area (Å²) < 4.78 is 10.7. The van der Waals surface area contributed by atoms with Gasteiger partial charge in [-0.2, -0.15) is 0 Å². The van der Waals surface area contributed by atoms with E-state index in [2.05, 4.69) is 25.4 Å². The number of hydrogen-bond acceptors (Lipinski definition) is 8. The van der Waals surface area contributed by atoms with Crippen molar-refractivity contribution >= 4 is 34.0 Å². The topological polar surface area (TPSA) is 96.0 Å². The standard InChI is InChI=1S/C24H33N5O4S/c1-4-16(2)25-22(30)19-11-17(12-28-7-9-33-10-8-28)5-6-20(19)26-23(31)21-15-34-24(27-21)29-13-18(14-29)32-3/h5-6,11,15-16,18H,4,7-10,12-14H2,1-3H3,(H,25,30)(H,26,31)/t16-/m0/s1. The van der Waals surface area contributed by atoms with E-state index in [0.29, 0.717) is 30.2 Å². The summed E-state index contributed by atoms with van der Waals surface area (Å²) >= 11 is 1.43. The molecule has 1 atom stereocenters. The Morgan fingerprint density at radius 3 is 2.74 bits per heavy atom. The fourth-order valence-electron chi connectivity index (χ4n) is 3.85. The number of nitrogens with zero attached hydrogens (tertiary/aromatic N) is 3. The van der Waals surface area contributed by atoms with Gasteiger partial charge >= 0.3 is 0 Å². The van der Waals surface area contributed by atoms with Gasteiger partial charge < -0.3 is 25.0 Å². The summed E-state index contributed by atoms with van der Waals surface area (Å²) in [6.45, 7) is 9.43. The highest BCUT2D eigenvalue weighted by Crippen LogP contribution is 2.27. The fourth-order valence-corrected chi connectivity index (χ4v) is 4.68. The van der Waals surface area contributed by atoms with E-state index >= 15 is 0 Å². The van der Waals surface area contributed by atoms with Crippen molar-refractivity contribution in [3.8, 4) is 0 Å². The quantitative estimate of drug-likeness (QED) is 0.561. The SMILES string of the molecule is CC[C@H](C)NC(=O)c1cc(CN2CCOCC2)ccc1NC(=O)c1csc(N2CC(OC)C2)n1. The van der Waals surface area contributed by atoms with Gasteiger partial charge in [-0.1, -0.05) is 13.0 Å². The molecular weight excluding hydrogens is 454 g/mol.